The van der Waals surface area contributed by atoms with Gasteiger partial charge in [-0.2, -0.15) is 10.2 Å². The molecule has 0 aromatic heterocycles. The van der Waals surface area contributed by atoms with E-state index in [1.807, 2.05) is 6.20 Å². The third-order valence-electron chi connectivity index (χ3n) is 7.62. The fraction of sp³-hybridized carbons (Fsp3) is 0.577. The molecule has 5 rings (SSSR count). The zero-order valence-electron chi connectivity index (χ0n) is 19.1. The van der Waals surface area contributed by atoms with Gasteiger partial charge in [-0.15, -0.1) is 0 Å². The molecule has 1 aromatic carbocycles. The van der Waals surface area contributed by atoms with Gasteiger partial charge in [-0.1, -0.05) is 45.7 Å². The standard InChI is InChI=1S/C26H34N4O/c1-4-26(18-10-9-11-19(14-18)30-12-7-5-6-8-13-30)20-17-27-29-24(20)28-21-15-25(2,3)16-22(31)23(21)26/h9-11,14,17,24,28H,4-8,12-13,15-16H2,1-3H3. The SMILES string of the molecule is CCC1(c2cccc(N3CCCCCC3)c2)C2=CN=NC2NC2=C1C(=O)CC(C)(C)C2. The van der Waals surface area contributed by atoms with Crippen molar-refractivity contribution in [1.29, 1.82) is 0 Å². The summed E-state index contributed by atoms with van der Waals surface area (Å²) in [6.45, 7) is 8.80. The van der Waals surface area contributed by atoms with Crippen LogP contribution in [0.2, 0.25) is 0 Å². The molecular formula is C26H34N4O. The second-order valence-electron chi connectivity index (χ2n) is 10.4. The Morgan fingerprint density at radius 3 is 2.65 bits per heavy atom. The molecule has 1 saturated heterocycles. The van der Waals surface area contributed by atoms with Crippen molar-refractivity contribution in [2.45, 2.75) is 77.3 Å². The van der Waals surface area contributed by atoms with Crippen LogP contribution in [0.15, 0.2) is 57.5 Å². The third-order valence-corrected chi connectivity index (χ3v) is 7.62. The number of nitrogens with one attached hydrogen (secondary N) is 1. The highest BCUT2D eigenvalue weighted by Crippen LogP contribution is 2.54. The number of allylic oxidation sites excluding steroid dienone is 2. The van der Waals surface area contributed by atoms with Crippen molar-refractivity contribution >= 4 is 11.5 Å². The molecular weight excluding hydrogens is 384 g/mol. The van der Waals surface area contributed by atoms with Crippen molar-refractivity contribution in [3.63, 3.8) is 0 Å². The number of fused-ring (bicyclic) bond motifs is 1. The molecule has 0 saturated carbocycles. The molecule has 5 nitrogen and oxygen atoms in total. The van der Waals surface area contributed by atoms with E-state index >= 15 is 0 Å². The van der Waals surface area contributed by atoms with Gasteiger partial charge < -0.3 is 10.2 Å². The Hall–Kier alpha value is -2.43. The van der Waals surface area contributed by atoms with Crippen LogP contribution in [0.1, 0.15) is 71.3 Å². The summed E-state index contributed by atoms with van der Waals surface area (Å²) in [6, 6.07) is 8.96. The molecule has 2 atom stereocenters. The van der Waals surface area contributed by atoms with Gasteiger partial charge in [-0.25, -0.2) is 0 Å². The highest BCUT2D eigenvalue weighted by Gasteiger charge is 2.53. The fourth-order valence-corrected chi connectivity index (χ4v) is 6.19. The number of benzene rings is 1. The second-order valence-corrected chi connectivity index (χ2v) is 10.4. The topological polar surface area (TPSA) is 57.1 Å². The minimum absolute atomic E-state index is 0.0345. The van der Waals surface area contributed by atoms with Gasteiger partial charge in [0, 0.05) is 42.0 Å². The number of nitrogens with zero attached hydrogens (tertiary/aromatic N) is 3. The number of carbonyl (C=O) groups excluding carboxylic acids is 1. The lowest BCUT2D eigenvalue weighted by atomic mass is 9.59. The van der Waals surface area contributed by atoms with Gasteiger partial charge in [0.1, 0.15) is 0 Å². The summed E-state index contributed by atoms with van der Waals surface area (Å²) >= 11 is 0. The summed E-state index contributed by atoms with van der Waals surface area (Å²) < 4.78 is 0. The van der Waals surface area contributed by atoms with E-state index in [4.69, 9.17) is 0 Å². The zero-order valence-corrected chi connectivity index (χ0v) is 19.1. The number of hydrogen-bond donors (Lipinski definition) is 1. The highest BCUT2D eigenvalue weighted by atomic mass is 16.1. The summed E-state index contributed by atoms with van der Waals surface area (Å²) in [5, 5.41) is 12.3. The lowest BCUT2D eigenvalue weighted by Gasteiger charge is -2.48. The van der Waals surface area contributed by atoms with Crippen molar-refractivity contribution < 1.29 is 4.79 Å². The minimum atomic E-state index is -0.454. The number of ketones is 1. The van der Waals surface area contributed by atoms with Crippen LogP contribution in [0.25, 0.3) is 0 Å². The number of azo groups is 1. The van der Waals surface area contributed by atoms with Crippen LogP contribution in [0, 0.1) is 5.41 Å². The maximum absolute atomic E-state index is 13.6. The first kappa shape index (κ1) is 20.5. The number of carbonyl (C=O) groups is 1. The molecule has 2 unspecified atom stereocenters. The molecule has 5 heteroatoms. The predicted octanol–water partition coefficient (Wildman–Crippen LogP) is 5.64. The van der Waals surface area contributed by atoms with Crippen LogP contribution in [-0.2, 0) is 10.2 Å². The molecule has 0 radical (unpaired) electrons. The van der Waals surface area contributed by atoms with E-state index in [1.165, 1.54) is 36.9 Å². The average molecular weight is 419 g/mol. The number of anilines is 1. The lowest BCUT2D eigenvalue weighted by molar-refractivity contribution is -0.119. The van der Waals surface area contributed by atoms with Crippen LogP contribution in [0.4, 0.5) is 5.69 Å². The van der Waals surface area contributed by atoms with E-state index in [2.05, 4.69) is 65.5 Å². The van der Waals surface area contributed by atoms with Gasteiger partial charge >= 0.3 is 0 Å². The molecule has 3 aliphatic heterocycles. The number of hydrogen-bond acceptors (Lipinski definition) is 5. The van der Waals surface area contributed by atoms with E-state index in [0.717, 1.165) is 42.8 Å². The lowest BCUT2D eigenvalue weighted by Crippen LogP contribution is -2.51. The van der Waals surface area contributed by atoms with Crippen LogP contribution < -0.4 is 10.2 Å². The average Bonchev–Trinajstić information content (AvgIpc) is 3.04. The van der Waals surface area contributed by atoms with Gasteiger partial charge in [0.15, 0.2) is 11.9 Å². The molecule has 31 heavy (non-hydrogen) atoms. The first-order valence-corrected chi connectivity index (χ1v) is 11.9. The smallest absolute Gasteiger partial charge is 0.164 e. The molecule has 0 spiro atoms. The molecule has 0 bridgehead atoms. The quantitative estimate of drug-likeness (QED) is 0.691. The van der Waals surface area contributed by atoms with Crippen molar-refractivity contribution in [2.24, 2.45) is 15.6 Å². The first-order chi connectivity index (χ1) is 14.9. The van der Waals surface area contributed by atoms with Crippen LogP contribution in [-0.4, -0.2) is 25.0 Å². The van der Waals surface area contributed by atoms with E-state index in [1.54, 1.807) is 0 Å². The zero-order chi connectivity index (χ0) is 21.6. The summed E-state index contributed by atoms with van der Waals surface area (Å²) in [5.74, 6) is 0.270. The Morgan fingerprint density at radius 2 is 1.90 bits per heavy atom. The second kappa shape index (κ2) is 7.61. The van der Waals surface area contributed by atoms with Gasteiger partial charge in [0.05, 0.1) is 11.6 Å². The van der Waals surface area contributed by atoms with Crippen LogP contribution in [0.3, 0.4) is 0 Å². The van der Waals surface area contributed by atoms with E-state index in [9.17, 15) is 4.79 Å². The van der Waals surface area contributed by atoms with Crippen LogP contribution >= 0.6 is 0 Å². The first-order valence-electron chi connectivity index (χ1n) is 11.9. The minimum Gasteiger partial charge on any atom is -0.372 e. The molecule has 0 amide bonds. The van der Waals surface area contributed by atoms with Gasteiger partial charge in [-0.3, -0.25) is 4.79 Å². The van der Waals surface area contributed by atoms with Gasteiger partial charge in [0.2, 0.25) is 0 Å². The Morgan fingerprint density at radius 1 is 1.13 bits per heavy atom. The number of Topliss-reactive ketones (excluding diaryl/α,β-unsaturated/α-hetero) is 1. The maximum Gasteiger partial charge on any atom is 0.164 e. The van der Waals surface area contributed by atoms with Crippen LogP contribution in [0.5, 0.6) is 0 Å². The largest absolute Gasteiger partial charge is 0.372 e. The summed E-state index contributed by atoms with van der Waals surface area (Å²) in [6.07, 6.45) is 9.17. The summed E-state index contributed by atoms with van der Waals surface area (Å²) in [7, 11) is 0. The Labute approximate surface area is 185 Å². The monoisotopic (exact) mass is 418 g/mol. The maximum atomic E-state index is 13.6. The molecule has 4 aliphatic rings. The van der Waals surface area contributed by atoms with Gasteiger partial charge in [0.25, 0.3) is 0 Å². The molecule has 3 heterocycles. The van der Waals surface area contributed by atoms with E-state index in [0.29, 0.717) is 6.42 Å². The highest BCUT2D eigenvalue weighted by molar-refractivity contribution is 6.01. The molecule has 1 aromatic rings. The molecule has 1 fully saturated rings. The van der Waals surface area contributed by atoms with Crippen molar-refractivity contribution in [3.05, 3.63) is 52.9 Å². The normalized spacial score (nSPS) is 29.8. The van der Waals surface area contributed by atoms with Crippen molar-refractivity contribution in [1.82, 2.24) is 5.32 Å². The molecule has 1 N–H and O–H groups in total. The Bertz CT molecular complexity index is 981. The summed E-state index contributed by atoms with van der Waals surface area (Å²) in [5.41, 5.74) is 5.15. The fourth-order valence-electron chi connectivity index (χ4n) is 6.19. The summed E-state index contributed by atoms with van der Waals surface area (Å²) in [4.78, 5) is 16.1. The Balaban J connectivity index is 1.66. The van der Waals surface area contributed by atoms with E-state index in [-0.39, 0.29) is 17.4 Å². The van der Waals surface area contributed by atoms with Crippen molar-refractivity contribution in [2.75, 3.05) is 18.0 Å². The molecule has 164 valence electrons. The van der Waals surface area contributed by atoms with Crippen molar-refractivity contribution in [3.8, 4) is 0 Å². The van der Waals surface area contributed by atoms with E-state index < -0.39 is 5.41 Å². The van der Waals surface area contributed by atoms with Gasteiger partial charge in [-0.05, 0) is 48.8 Å². The predicted molar refractivity (Wildman–Crippen MR) is 124 cm³/mol. The number of rotatable bonds is 3. The third kappa shape index (κ3) is 3.33. The Kier molecular flexibility index (Phi) is 5.03. The molecule has 1 aliphatic carbocycles.